The Morgan fingerprint density at radius 1 is 1.16 bits per heavy atom. The summed E-state index contributed by atoms with van der Waals surface area (Å²) in [7, 11) is 4.00. The lowest BCUT2D eigenvalue weighted by Gasteiger charge is -2.17. The maximum Gasteiger partial charge on any atom is 0.151 e. The van der Waals surface area contributed by atoms with Crippen molar-refractivity contribution in [2.75, 3.05) is 30.6 Å². The molecular formula is C15H19N3S. The molecule has 1 heterocycles. The van der Waals surface area contributed by atoms with Gasteiger partial charge in [-0.1, -0.05) is 12.1 Å². The second-order valence-electron chi connectivity index (χ2n) is 4.47. The fourth-order valence-corrected chi connectivity index (χ4v) is 2.24. The van der Waals surface area contributed by atoms with Crippen molar-refractivity contribution in [1.82, 2.24) is 4.98 Å². The van der Waals surface area contributed by atoms with Crippen LogP contribution in [0.3, 0.4) is 0 Å². The Morgan fingerprint density at radius 3 is 2.53 bits per heavy atom. The molecule has 100 valence electrons. The summed E-state index contributed by atoms with van der Waals surface area (Å²) in [5.74, 6) is 0.961. The molecule has 0 saturated carbocycles. The average Bonchev–Trinajstić information content (AvgIpc) is 2.46. The molecule has 2 rings (SSSR count). The van der Waals surface area contributed by atoms with Crippen molar-refractivity contribution in [1.29, 1.82) is 0 Å². The highest BCUT2D eigenvalue weighted by atomic mass is 32.2. The number of benzene rings is 1. The first kappa shape index (κ1) is 13.7. The maximum absolute atomic E-state index is 4.38. The number of aromatic nitrogens is 1. The lowest BCUT2D eigenvalue weighted by atomic mass is 10.2. The molecule has 0 fully saturated rings. The van der Waals surface area contributed by atoms with Crippen LogP contribution in [0.1, 0.15) is 5.56 Å². The van der Waals surface area contributed by atoms with Gasteiger partial charge < -0.3 is 10.2 Å². The molecular weight excluding hydrogens is 254 g/mol. The van der Waals surface area contributed by atoms with Crippen LogP contribution in [0.15, 0.2) is 47.5 Å². The summed E-state index contributed by atoms with van der Waals surface area (Å²) < 4.78 is 0. The molecule has 2 aromatic rings. The minimum absolute atomic E-state index is 0.807. The molecule has 0 bridgehead atoms. The zero-order valence-electron chi connectivity index (χ0n) is 11.6. The molecule has 19 heavy (non-hydrogen) atoms. The van der Waals surface area contributed by atoms with Crippen molar-refractivity contribution in [2.45, 2.75) is 11.4 Å². The SMILES string of the molecule is CSc1ccc(CNc2cccnc2N(C)C)cc1. The molecule has 0 saturated heterocycles. The number of thioether (sulfide) groups is 1. The molecule has 0 atom stereocenters. The Hall–Kier alpha value is -1.68. The van der Waals surface area contributed by atoms with Gasteiger partial charge in [-0.3, -0.25) is 0 Å². The molecule has 1 aromatic carbocycles. The molecule has 3 nitrogen and oxygen atoms in total. The third kappa shape index (κ3) is 3.64. The van der Waals surface area contributed by atoms with Crippen LogP contribution in [0.25, 0.3) is 0 Å². The summed E-state index contributed by atoms with van der Waals surface area (Å²) in [4.78, 5) is 7.68. The number of hydrogen-bond acceptors (Lipinski definition) is 4. The Bertz CT molecular complexity index is 523. The normalized spacial score (nSPS) is 10.3. The van der Waals surface area contributed by atoms with E-state index in [9.17, 15) is 0 Å². The topological polar surface area (TPSA) is 28.2 Å². The number of nitrogens with zero attached hydrogens (tertiary/aromatic N) is 2. The van der Waals surface area contributed by atoms with Gasteiger partial charge >= 0.3 is 0 Å². The van der Waals surface area contributed by atoms with E-state index in [1.54, 1.807) is 11.8 Å². The van der Waals surface area contributed by atoms with Crippen LogP contribution >= 0.6 is 11.8 Å². The Kier molecular flexibility index (Phi) is 4.68. The Morgan fingerprint density at radius 2 is 1.89 bits per heavy atom. The summed E-state index contributed by atoms with van der Waals surface area (Å²) in [6, 6.07) is 12.6. The van der Waals surface area contributed by atoms with Crippen molar-refractivity contribution < 1.29 is 0 Å². The van der Waals surface area contributed by atoms with Gasteiger partial charge in [0.1, 0.15) is 0 Å². The van der Waals surface area contributed by atoms with Gasteiger partial charge in [-0.05, 0) is 36.1 Å². The van der Waals surface area contributed by atoms with E-state index in [1.807, 2.05) is 31.3 Å². The first-order valence-electron chi connectivity index (χ1n) is 6.20. The fourth-order valence-electron chi connectivity index (χ4n) is 1.83. The molecule has 0 spiro atoms. The monoisotopic (exact) mass is 273 g/mol. The van der Waals surface area contributed by atoms with E-state index >= 15 is 0 Å². The van der Waals surface area contributed by atoms with Crippen LogP contribution in [0.5, 0.6) is 0 Å². The Labute approximate surface area is 119 Å². The third-order valence-corrected chi connectivity index (χ3v) is 3.60. The highest BCUT2D eigenvalue weighted by Gasteiger charge is 2.04. The predicted molar refractivity (Wildman–Crippen MR) is 84.1 cm³/mol. The first-order chi connectivity index (χ1) is 9.20. The second kappa shape index (κ2) is 6.48. The van der Waals surface area contributed by atoms with Crippen LogP contribution in [-0.2, 0) is 6.54 Å². The molecule has 0 radical (unpaired) electrons. The minimum atomic E-state index is 0.807. The van der Waals surface area contributed by atoms with Gasteiger partial charge in [0.2, 0.25) is 0 Å². The van der Waals surface area contributed by atoms with Gasteiger partial charge in [-0.2, -0.15) is 0 Å². The van der Waals surface area contributed by atoms with Gasteiger partial charge in [0.05, 0.1) is 5.69 Å². The second-order valence-corrected chi connectivity index (χ2v) is 5.35. The standard InChI is InChI=1S/C15H19N3S/c1-18(2)15-14(5-4-10-16-15)17-11-12-6-8-13(19-3)9-7-12/h4-10,17H,11H2,1-3H3. The summed E-state index contributed by atoms with van der Waals surface area (Å²) in [6.07, 6.45) is 3.90. The minimum Gasteiger partial charge on any atom is -0.378 e. The van der Waals surface area contributed by atoms with Gasteiger partial charge in [0.15, 0.2) is 5.82 Å². The number of hydrogen-bond donors (Lipinski definition) is 1. The molecule has 0 amide bonds. The van der Waals surface area contributed by atoms with Crippen molar-refractivity contribution in [2.24, 2.45) is 0 Å². The van der Waals surface area contributed by atoms with Gasteiger partial charge in [-0.15, -0.1) is 11.8 Å². The van der Waals surface area contributed by atoms with Crippen LogP contribution in [-0.4, -0.2) is 25.3 Å². The zero-order chi connectivity index (χ0) is 13.7. The summed E-state index contributed by atoms with van der Waals surface area (Å²) >= 11 is 1.76. The highest BCUT2D eigenvalue weighted by molar-refractivity contribution is 7.98. The van der Waals surface area contributed by atoms with E-state index in [-0.39, 0.29) is 0 Å². The lowest BCUT2D eigenvalue weighted by molar-refractivity contribution is 1.05. The molecule has 0 unspecified atom stereocenters. The largest absolute Gasteiger partial charge is 0.378 e. The lowest BCUT2D eigenvalue weighted by Crippen LogP contribution is -2.13. The van der Waals surface area contributed by atoms with Crippen molar-refractivity contribution >= 4 is 23.3 Å². The molecule has 4 heteroatoms. The van der Waals surface area contributed by atoms with E-state index in [0.717, 1.165) is 18.1 Å². The number of pyridine rings is 1. The van der Waals surface area contributed by atoms with E-state index in [2.05, 4.69) is 46.9 Å². The molecule has 0 aliphatic heterocycles. The molecule has 1 aromatic heterocycles. The summed E-state index contributed by atoms with van der Waals surface area (Å²) in [5, 5.41) is 3.44. The van der Waals surface area contributed by atoms with E-state index in [1.165, 1.54) is 10.5 Å². The number of nitrogens with one attached hydrogen (secondary N) is 1. The Balaban J connectivity index is 2.05. The van der Waals surface area contributed by atoms with Gasteiger partial charge in [0.25, 0.3) is 0 Å². The van der Waals surface area contributed by atoms with E-state index < -0.39 is 0 Å². The van der Waals surface area contributed by atoms with Crippen LogP contribution in [0.2, 0.25) is 0 Å². The zero-order valence-corrected chi connectivity index (χ0v) is 12.4. The van der Waals surface area contributed by atoms with Gasteiger partial charge in [-0.25, -0.2) is 4.98 Å². The third-order valence-electron chi connectivity index (χ3n) is 2.85. The van der Waals surface area contributed by atoms with Crippen molar-refractivity contribution in [3.8, 4) is 0 Å². The smallest absolute Gasteiger partial charge is 0.151 e. The number of anilines is 2. The summed E-state index contributed by atoms with van der Waals surface area (Å²) in [6.45, 7) is 0.807. The highest BCUT2D eigenvalue weighted by Crippen LogP contribution is 2.21. The predicted octanol–water partition coefficient (Wildman–Crippen LogP) is 3.48. The average molecular weight is 273 g/mol. The van der Waals surface area contributed by atoms with Gasteiger partial charge in [0, 0.05) is 31.7 Å². The quantitative estimate of drug-likeness (QED) is 0.844. The van der Waals surface area contributed by atoms with E-state index in [0.29, 0.717) is 0 Å². The first-order valence-corrected chi connectivity index (χ1v) is 7.42. The summed E-state index contributed by atoms with van der Waals surface area (Å²) in [5.41, 5.74) is 2.33. The van der Waals surface area contributed by atoms with Crippen molar-refractivity contribution in [3.05, 3.63) is 48.2 Å². The van der Waals surface area contributed by atoms with Crippen molar-refractivity contribution in [3.63, 3.8) is 0 Å². The van der Waals surface area contributed by atoms with E-state index in [4.69, 9.17) is 0 Å². The number of rotatable bonds is 5. The molecule has 0 aliphatic carbocycles. The van der Waals surface area contributed by atoms with Crippen LogP contribution in [0.4, 0.5) is 11.5 Å². The fraction of sp³-hybridized carbons (Fsp3) is 0.267. The molecule has 1 N–H and O–H groups in total. The molecule has 0 aliphatic rings. The van der Waals surface area contributed by atoms with Crippen LogP contribution in [0, 0.1) is 0 Å². The van der Waals surface area contributed by atoms with Crippen LogP contribution < -0.4 is 10.2 Å². The maximum atomic E-state index is 4.38.